The van der Waals surface area contributed by atoms with Crippen molar-refractivity contribution >= 4 is 46.3 Å². The van der Waals surface area contributed by atoms with Gasteiger partial charge in [0.05, 0.1) is 5.69 Å². The Labute approximate surface area is 234 Å². The van der Waals surface area contributed by atoms with Crippen LogP contribution in [0.2, 0.25) is 0 Å². The predicted molar refractivity (Wildman–Crippen MR) is 160 cm³/mol. The number of rotatable bonds is 17. The van der Waals surface area contributed by atoms with E-state index in [-0.39, 0.29) is 23.0 Å². The summed E-state index contributed by atoms with van der Waals surface area (Å²) in [5.41, 5.74) is 7.90. The van der Waals surface area contributed by atoms with Gasteiger partial charge in [-0.15, -0.1) is 14.9 Å². The van der Waals surface area contributed by atoms with Crippen molar-refractivity contribution in [2.75, 3.05) is 47.9 Å². The van der Waals surface area contributed by atoms with Crippen molar-refractivity contribution in [2.24, 2.45) is 26.5 Å². The third-order valence-corrected chi connectivity index (χ3v) is 6.42. The number of anilines is 4. The maximum atomic E-state index is 11.0. The largest absolute Gasteiger partial charge is 0.375 e. The van der Waals surface area contributed by atoms with Gasteiger partial charge in [0.15, 0.2) is 0 Å². The topological polar surface area (TPSA) is 176 Å². The van der Waals surface area contributed by atoms with Crippen LogP contribution >= 0.6 is 0 Å². The summed E-state index contributed by atoms with van der Waals surface area (Å²) in [5.74, 6) is 1.71. The van der Waals surface area contributed by atoms with Gasteiger partial charge >= 0.3 is 0 Å². The second-order valence-corrected chi connectivity index (χ2v) is 9.41. The summed E-state index contributed by atoms with van der Waals surface area (Å²) in [6, 6.07) is 11.7. The molecule has 1 unspecified atom stereocenters. The molecule has 3 aromatic rings. The lowest BCUT2D eigenvalue weighted by Crippen LogP contribution is -2.21. The van der Waals surface area contributed by atoms with Crippen molar-refractivity contribution < 1.29 is 0 Å². The number of nitrogens with zero attached hydrogens (tertiary/aromatic N) is 8. The Bertz CT molecular complexity index is 1270. The minimum atomic E-state index is 0.00527. The Morgan fingerprint density at radius 3 is 2.27 bits per heavy atom. The van der Waals surface area contributed by atoms with Gasteiger partial charge in [-0.1, -0.05) is 33.1 Å². The van der Waals surface area contributed by atoms with Gasteiger partial charge in [0.1, 0.15) is 17.1 Å². The lowest BCUT2D eigenvalue weighted by molar-refractivity contribution is 0.472. The summed E-state index contributed by atoms with van der Waals surface area (Å²) in [7, 11) is 2.01. The van der Waals surface area contributed by atoms with Gasteiger partial charge < -0.3 is 21.3 Å². The van der Waals surface area contributed by atoms with Crippen LogP contribution in [-0.4, -0.2) is 41.6 Å². The Kier molecular flexibility index (Phi) is 11.8. The number of nitrogens with one attached hydrogen (secondary N) is 2. The Hall–Kier alpha value is -4.55. The molecule has 2 aromatic carbocycles. The van der Waals surface area contributed by atoms with E-state index in [9.17, 15) is 9.81 Å². The molecule has 0 aliphatic heterocycles. The SMILES string of the molecule is CCCCC(CC)CNc1nc(N)nc(NCCCN(C)c2ccc(/N=N/c3ccc(N=O)cc3N=O)cc2)n1. The van der Waals surface area contributed by atoms with E-state index in [0.717, 1.165) is 31.6 Å². The Morgan fingerprint density at radius 1 is 0.875 bits per heavy atom. The smallest absolute Gasteiger partial charge is 0.229 e. The fourth-order valence-corrected chi connectivity index (χ4v) is 3.99. The molecule has 1 atom stereocenters. The van der Waals surface area contributed by atoms with Crippen molar-refractivity contribution in [3.05, 3.63) is 52.3 Å². The molecule has 0 saturated carbocycles. The number of aromatic nitrogens is 3. The number of nitrogen functional groups attached to an aromatic ring is 1. The summed E-state index contributed by atoms with van der Waals surface area (Å²) in [5, 5.41) is 20.5. The van der Waals surface area contributed by atoms with Crippen LogP contribution in [0.25, 0.3) is 0 Å². The zero-order chi connectivity index (χ0) is 28.7. The summed E-state index contributed by atoms with van der Waals surface area (Å²) in [6.45, 7) is 6.68. The zero-order valence-electron chi connectivity index (χ0n) is 23.2. The van der Waals surface area contributed by atoms with Crippen molar-refractivity contribution in [3.8, 4) is 0 Å². The van der Waals surface area contributed by atoms with Gasteiger partial charge in [0.2, 0.25) is 17.8 Å². The highest BCUT2D eigenvalue weighted by atomic mass is 16.3. The first kappa shape index (κ1) is 30.0. The van der Waals surface area contributed by atoms with Crippen molar-refractivity contribution in [1.82, 2.24) is 15.0 Å². The fourth-order valence-electron chi connectivity index (χ4n) is 3.99. The van der Waals surface area contributed by atoms with Crippen LogP contribution in [-0.2, 0) is 0 Å². The van der Waals surface area contributed by atoms with E-state index < -0.39 is 0 Å². The van der Waals surface area contributed by atoms with E-state index in [0.29, 0.717) is 30.0 Å². The van der Waals surface area contributed by atoms with Gasteiger partial charge in [0.25, 0.3) is 0 Å². The molecule has 0 radical (unpaired) electrons. The van der Waals surface area contributed by atoms with Gasteiger partial charge in [-0.3, -0.25) is 0 Å². The number of hydrogen-bond donors (Lipinski definition) is 3. The second-order valence-electron chi connectivity index (χ2n) is 9.41. The first-order valence-corrected chi connectivity index (χ1v) is 13.5. The molecular formula is C27H37N11O2. The molecule has 3 rings (SSSR count). The number of nitrogens with two attached hydrogens (primary N) is 1. The van der Waals surface area contributed by atoms with E-state index >= 15 is 0 Å². The molecule has 0 bridgehead atoms. The number of azo groups is 1. The molecule has 0 saturated heterocycles. The van der Waals surface area contributed by atoms with Crippen molar-refractivity contribution in [2.45, 2.75) is 46.0 Å². The van der Waals surface area contributed by atoms with Crippen LogP contribution < -0.4 is 21.3 Å². The zero-order valence-corrected chi connectivity index (χ0v) is 23.2. The lowest BCUT2D eigenvalue weighted by atomic mass is 9.99. The van der Waals surface area contributed by atoms with Crippen LogP contribution in [0.3, 0.4) is 0 Å². The number of benzene rings is 2. The first-order chi connectivity index (χ1) is 19.4. The van der Waals surface area contributed by atoms with E-state index in [2.05, 4.69) is 64.9 Å². The minimum absolute atomic E-state index is 0.00527. The third-order valence-electron chi connectivity index (χ3n) is 6.42. The molecule has 13 heteroatoms. The van der Waals surface area contributed by atoms with Crippen LogP contribution in [0.5, 0.6) is 0 Å². The summed E-state index contributed by atoms with van der Waals surface area (Å²) in [4.78, 5) is 36.6. The highest BCUT2D eigenvalue weighted by Gasteiger charge is 2.09. The molecule has 0 amide bonds. The minimum Gasteiger partial charge on any atom is -0.375 e. The Balaban J connectivity index is 1.47. The van der Waals surface area contributed by atoms with Crippen LogP contribution in [0.4, 0.5) is 46.3 Å². The fraction of sp³-hybridized carbons (Fsp3) is 0.444. The average Bonchev–Trinajstić information content (AvgIpc) is 2.98. The van der Waals surface area contributed by atoms with Gasteiger partial charge in [-0.05, 0) is 71.6 Å². The highest BCUT2D eigenvalue weighted by molar-refractivity contribution is 5.66. The molecule has 4 N–H and O–H groups in total. The molecule has 1 heterocycles. The number of hydrogen-bond acceptors (Lipinski definition) is 13. The van der Waals surface area contributed by atoms with E-state index in [1.54, 1.807) is 0 Å². The molecule has 0 spiro atoms. The van der Waals surface area contributed by atoms with Gasteiger partial charge in [-0.2, -0.15) is 20.1 Å². The maximum Gasteiger partial charge on any atom is 0.229 e. The maximum absolute atomic E-state index is 11.0. The average molecular weight is 548 g/mol. The number of nitroso groups, excluding NO2 is 2. The van der Waals surface area contributed by atoms with Crippen molar-refractivity contribution in [3.63, 3.8) is 0 Å². The highest BCUT2D eigenvalue weighted by Crippen LogP contribution is 2.33. The summed E-state index contributed by atoms with van der Waals surface area (Å²) < 4.78 is 0. The molecular weight excluding hydrogens is 510 g/mol. The Morgan fingerprint density at radius 2 is 1.60 bits per heavy atom. The van der Waals surface area contributed by atoms with Crippen LogP contribution in [0.15, 0.2) is 63.0 Å². The molecule has 0 aliphatic carbocycles. The molecule has 0 aliphatic rings. The van der Waals surface area contributed by atoms with Gasteiger partial charge in [-0.25, -0.2) is 0 Å². The molecule has 0 fully saturated rings. The van der Waals surface area contributed by atoms with E-state index in [1.165, 1.54) is 37.5 Å². The molecule has 1 aromatic heterocycles. The quantitative estimate of drug-likeness (QED) is 0.0893. The standard InChI is InChI=1S/C27H37N11O2/c1-4-6-8-19(5-2)18-30-27-32-25(28)31-26(33-27)29-15-7-16-38(3)22-12-9-20(10-13-22)34-35-23-14-11-21(36-39)17-24(23)37-40/h9-14,17,19H,4-8,15-16,18H2,1-3H3,(H4,28,29,30,31,32,33)/b35-34+. The second kappa shape index (κ2) is 15.8. The van der Waals surface area contributed by atoms with E-state index in [1.807, 2.05) is 31.3 Å². The van der Waals surface area contributed by atoms with Crippen molar-refractivity contribution in [1.29, 1.82) is 0 Å². The van der Waals surface area contributed by atoms with Gasteiger partial charge in [0, 0.05) is 32.4 Å². The van der Waals surface area contributed by atoms with E-state index in [4.69, 9.17) is 5.73 Å². The third kappa shape index (κ3) is 9.33. The monoisotopic (exact) mass is 547 g/mol. The molecule has 13 nitrogen and oxygen atoms in total. The predicted octanol–water partition coefficient (Wildman–Crippen LogP) is 7.23. The lowest BCUT2D eigenvalue weighted by Gasteiger charge is -2.19. The first-order valence-electron chi connectivity index (χ1n) is 13.5. The van der Waals surface area contributed by atoms with Crippen LogP contribution in [0.1, 0.15) is 46.0 Å². The molecule has 212 valence electrons. The summed E-state index contributed by atoms with van der Waals surface area (Å²) >= 11 is 0. The number of unbranched alkanes of at least 4 members (excludes halogenated alkanes) is 1. The summed E-state index contributed by atoms with van der Waals surface area (Å²) in [6.07, 6.45) is 5.54. The molecule has 40 heavy (non-hydrogen) atoms. The van der Waals surface area contributed by atoms with Crippen LogP contribution in [0, 0.1) is 15.7 Å². The normalized spacial score (nSPS) is 11.8.